The van der Waals surface area contributed by atoms with Crippen molar-refractivity contribution in [3.8, 4) is 0 Å². The molecular formula is C19H14Cl2FN3O2. The Kier molecular flexibility index (Phi) is 3.63. The van der Waals surface area contributed by atoms with Gasteiger partial charge in [-0.25, -0.2) is 9.37 Å². The third-order valence-corrected chi connectivity index (χ3v) is 6.44. The van der Waals surface area contributed by atoms with Crippen LogP contribution in [0.15, 0.2) is 30.3 Å². The van der Waals surface area contributed by atoms with Crippen molar-refractivity contribution in [2.24, 2.45) is 5.92 Å². The maximum atomic E-state index is 15.0. The predicted octanol–water partition coefficient (Wildman–Crippen LogP) is 3.41. The van der Waals surface area contributed by atoms with Gasteiger partial charge in [0, 0.05) is 29.9 Å². The molecule has 1 aliphatic carbocycles. The summed E-state index contributed by atoms with van der Waals surface area (Å²) in [5, 5.41) is 6.30. The number of nitrogens with zero attached hydrogens (tertiary/aromatic N) is 1. The van der Waals surface area contributed by atoms with E-state index < -0.39 is 23.2 Å². The fraction of sp³-hybridized carbons (Fsp3) is 0.316. The lowest BCUT2D eigenvalue weighted by molar-refractivity contribution is -0.123. The molecule has 5 rings (SSSR count). The molecule has 1 aromatic heterocycles. The molecule has 1 saturated carbocycles. The molecular weight excluding hydrogens is 392 g/mol. The molecule has 0 unspecified atom stereocenters. The Hall–Kier alpha value is -2.02. The molecule has 1 spiro atoms. The minimum absolute atomic E-state index is 0.0249. The van der Waals surface area contributed by atoms with Gasteiger partial charge >= 0.3 is 0 Å². The number of nitrogens with one attached hydrogen (secondary N) is 2. The summed E-state index contributed by atoms with van der Waals surface area (Å²) < 4.78 is 15.0. The summed E-state index contributed by atoms with van der Waals surface area (Å²) in [7, 11) is 0. The minimum Gasteiger partial charge on any atom is -0.308 e. The number of pyridine rings is 1. The number of hydrogen-bond donors (Lipinski definition) is 2. The van der Waals surface area contributed by atoms with E-state index in [1.165, 1.54) is 6.07 Å². The van der Waals surface area contributed by atoms with E-state index in [2.05, 4.69) is 15.6 Å². The Bertz CT molecular complexity index is 1010. The number of carbonyl (C=O) groups excluding carboxylic acids is 2. The van der Waals surface area contributed by atoms with E-state index in [4.69, 9.17) is 23.2 Å². The highest BCUT2D eigenvalue weighted by Gasteiger charge is 2.65. The SMILES string of the molecule is O=C1CC[C@@H]2N[C@]3(C(=O)Nc4nc(Cl)ccc43)[C@@H](c3cccc(Cl)c3F)[C@H]12. The number of Topliss-reactive ketones (excluding diaryl/α,β-unsaturated/α-hetero) is 1. The van der Waals surface area contributed by atoms with E-state index in [-0.39, 0.29) is 33.5 Å². The molecule has 27 heavy (non-hydrogen) atoms. The summed E-state index contributed by atoms with van der Waals surface area (Å²) in [6.45, 7) is 0. The zero-order valence-corrected chi connectivity index (χ0v) is 15.4. The molecule has 2 aromatic rings. The number of benzene rings is 1. The molecule has 2 aliphatic heterocycles. The van der Waals surface area contributed by atoms with Gasteiger partial charge in [-0.15, -0.1) is 0 Å². The average Bonchev–Trinajstić information content (AvgIpc) is 3.24. The fourth-order valence-electron chi connectivity index (χ4n) is 4.92. The molecule has 3 aliphatic rings. The van der Waals surface area contributed by atoms with E-state index in [0.29, 0.717) is 24.2 Å². The van der Waals surface area contributed by atoms with Crippen LogP contribution in [0.4, 0.5) is 10.2 Å². The first-order chi connectivity index (χ1) is 12.9. The van der Waals surface area contributed by atoms with Gasteiger partial charge in [-0.2, -0.15) is 0 Å². The van der Waals surface area contributed by atoms with Crippen molar-refractivity contribution in [2.45, 2.75) is 30.3 Å². The van der Waals surface area contributed by atoms with Gasteiger partial charge in [-0.1, -0.05) is 35.3 Å². The lowest BCUT2D eigenvalue weighted by atomic mass is 9.71. The van der Waals surface area contributed by atoms with E-state index in [0.717, 1.165) is 0 Å². The summed E-state index contributed by atoms with van der Waals surface area (Å²) in [4.78, 5) is 30.0. The van der Waals surface area contributed by atoms with Gasteiger partial charge in [0.15, 0.2) is 0 Å². The third kappa shape index (κ3) is 2.18. The van der Waals surface area contributed by atoms with Crippen molar-refractivity contribution < 1.29 is 14.0 Å². The minimum atomic E-state index is -1.29. The van der Waals surface area contributed by atoms with Gasteiger partial charge in [0.25, 0.3) is 5.91 Å². The molecule has 1 aromatic carbocycles. The first kappa shape index (κ1) is 17.1. The number of fused-ring (bicyclic) bond motifs is 3. The van der Waals surface area contributed by atoms with Crippen LogP contribution in [0, 0.1) is 11.7 Å². The molecule has 8 heteroatoms. The van der Waals surface area contributed by atoms with E-state index >= 15 is 4.39 Å². The highest BCUT2D eigenvalue weighted by molar-refractivity contribution is 6.31. The lowest BCUT2D eigenvalue weighted by Crippen LogP contribution is -2.49. The molecule has 0 bridgehead atoms. The van der Waals surface area contributed by atoms with Crippen LogP contribution in [-0.2, 0) is 15.1 Å². The van der Waals surface area contributed by atoms with Crippen molar-refractivity contribution in [3.63, 3.8) is 0 Å². The van der Waals surface area contributed by atoms with Crippen LogP contribution < -0.4 is 10.6 Å². The van der Waals surface area contributed by atoms with Crippen LogP contribution in [0.3, 0.4) is 0 Å². The normalized spacial score (nSPS) is 31.3. The maximum absolute atomic E-state index is 15.0. The molecule has 2 N–H and O–H groups in total. The lowest BCUT2D eigenvalue weighted by Gasteiger charge is -2.32. The van der Waals surface area contributed by atoms with Crippen molar-refractivity contribution in [2.75, 3.05) is 5.32 Å². The second-order valence-electron chi connectivity index (χ2n) is 7.19. The molecule has 138 valence electrons. The van der Waals surface area contributed by atoms with Crippen molar-refractivity contribution in [3.05, 3.63) is 57.5 Å². The van der Waals surface area contributed by atoms with Crippen molar-refractivity contribution in [1.82, 2.24) is 10.3 Å². The van der Waals surface area contributed by atoms with E-state index in [9.17, 15) is 9.59 Å². The zero-order chi connectivity index (χ0) is 18.9. The average molecular weight is 406 g/mol. The highest BCUT2D eigenvalue weighted by atomic mass is 35.5. The second-order valence-corrected chi connectivity index (χ2v) is 7.99. The van der Waals surface area contributed by atoms with Crippen molar-refractivity contribution >= 4 is 40.7 Å². The van der Waals surface area contributed by atoms with Gasteiger partial charge < -0.3 is 5.32 Å². The number of ketones is 1. The van der Waals surface area contributed by atoms with Gasteiger partial charge in [-0.3, -0.25) is 14.9 Å². The quantitative estimate of drug-likeness (QED) is 0.713. The van der Waals surface area contributed by atoms with Crippen LogP contribution in [0.1, 0.15) is 29.9 Å². The summed E-state index contributed by atoms with van der Waals surface area (Å²) in [5.74, 6) is -1.84. The molecule has 2 fully saturated rings. The molecule has 4 atom stereocenters. The molecule has 0 radical (unpaired) electrons. The van der Waals surface area contributed by atoms with E-state index in [1.54, 1.807) is 24.3 Å². The first-order valence-corrected chi connectivity index (χ1v) is 9.42. The molecule has 1 saturated heterocycles. The number of carbonyl (C=O) groups is 2. The summed E-state index contributed by atoms with van der Waals surface area (Å²) in [5.41, 5.74) is -0.455. The van der Waals surface area contributed by atoms with Gasteiger partial charge in [-0.05, 0) is 30.2 Å². The fourth-order valence-corrected chi connectivity index (χ4v) is 5.25. The van der Waals surface area contributed by atoms with Gasteiger partial charge in [0.1, 0.15) is 28.1 Å². The number of aromatic nitrogens is 1. The van der Waals surface area contributed by atoms with Gasteiger partial charge in [0.05, 0.1) is 5.02 Å². The predicted molar refractivity (Wildman–Crippen MR) is 98.4 cm³/mol. The van der Waals surface area contributed by atoms with Crippen LogP contribution in [0.5, 0.6) is 0 Å². The summed E-state index contributed by atoms with van der Waals surface area (Å²) >= 11 is 12.0. The maximum Gasteiger partial charge on any atom is 0.251 e. The summed E-state index contributed by atoms with van der Waals surface area (Å²) in [6, 6.07) is 7.76. The topological polar surface area (TPSA) is 71.1 Å². The Morgan fingerprint density at radius 3 is 2.81 bits per heavy atom. The largest absolute Gasteiger partial charge is 0.308 e. The van der Waals surface area contributed by atoms with Gasteiger partial charge in [0.2, 0.25) is 0 Å². The van der Waals surface area contributed by atoms with Crippen molar-refractivity contribution in [1.29, 1.82) is 0 Å². The van der Waals surface area contributed by atoms with Crippen LogP contribution in [0.2, 0.25) is 10.2 Å². The molecule has 1 amide bonds. The third-order valence-electron chi connectivity index (χ3n) is 5.94. The number of amides is 1. The van der Waals surface area contributed by atoms with Crippen LogP contribution >= 0.6 is 23.2 Å². The Labute approximate surface area is 164 Å². The molecule has 3 heterocycles. The van der Waals surface area contributed by atoms with Crippen LogP contribution in [-0.4, -0.2) is 22.7 Å². The second kappa shape index (κ2) is 5.74. The monoisotopic (exact) mass is 405 g/mol. The number of halogens is 3. The molecule has 5 nitrogen and oxygen atoms in total. The van der Waals surface area contributed by atoms with E-state index in [1.807, 2.05) is 0 Å². The number of hydrogen-bond acceptors (Lipinski definition) is 4. The summed E-state index contributed by atoms with van der Waals surface area (Å²) in [6.07, 6.45) is 1.01. The Morgan fingerprint density at radius 2 is 2.00 bits per heavy atom. The smallest absolute Gasteiger partial charge is 0.251 e. The number of rotatable bonds is 1. The number of anilines is 1. The Morgan fingerprint density at radius 1 is 1.19 bits per heavy atom. The highest BCUT2D eigenvalue weighted by Crippen LogP contribution is 2.57. The Balaban J connectivity index is 1.78. The standard InChI is InChI=1S/C19H14Cl2FN3O2/c20-10-3-1-2-8(16(10)22)15-14-11(5-6-12(14)26)25-19(15)9-4-7-13(21)23-17(9)24-18(19)27/h1-4,7,11,14-15,25H,5-6H2,(H,23,24,27)/t11-,14-,15-,19-/m0/s1. The zero-order valence-electron chi connectivity index (χ0n) is 13.9. The first-order valence-electron chi connectivity index (χ1n) is 8.66. The van der Waals surface area contributed by atoms with Crippen LogP contribution in [0.25, 0.3) is 0 Å².